The van der Waals surface area contributed by atoms with Gasteiger partial charge in [0.2, 0.25) is 9.54 Å². The van der Waals surface area contributed by atoms with Crippen LogP contribution in [0.1, 0.15) is 11.1 Å². The molecule has 0 aliphatic carbocycles. The standard InChI is InChI=1S/C22H15ClN10OS2/c23-17-9-15(11-26-32-19(28-30-21(32)35)13-1-5-24-6-2-13)18(34)16(10-17)12-27-33-20(29-31-22(33)36)14-3-7-25-8-4-14/h1-12,34H,(H,30,35)(H,31,36)/b26-11+,27-12+. The number of hydrogen-bond acceptors (Lipinski definition) is 9. The Morgan fingerprint density at radius 3 is 1.61 bits per heavy atom. The Labute approximate surface area is 218 Å². The minimum atomic E-state index is -0.0900. The van der Waals surface area contributed by atoms with Crippen molar-refractivity contribution in [1.29, 1.82) is 0 Å². The lowest BCUT2D eigenvalue weighted by Gasteiger charge is -2.06. The Morgan fingerprint density at radius 1 is 0.778 bits per heavy atom. The third-order valence-corrected chi connectivity index (χ3v) is 5.68. The number of nitrogens with zero attached hydrogens (tertiary/aromatic N) is 8. The van der Waals surface area contributed by atoms with Crippen LogP contribution in [0.5, 0.6) is 5.75 Å². The molecule has 0 atom stereocenters. The van der Waals surface area contributed by atoms with Crippen molar-refractivity contribution in [1.82, 2.24) is 39.7 Å². The largest absolute Gasteiger partial charge is 0.507 e. The van der Waals surface area contributed by atoms with Crippen molar-refractivity contribution < 1.29 is 5.11 Å². The summed E-state index contributed by atoms with van der Waals surface area (Å²) in [5.74, 6) is 0.882. The molecule has 0 fully saturated rings. The SMILES string of the molecule is Oc1c(/C=N/n2c(-c3ccncc3)n[nH]c2=S)cc(Cl)cc1/C=N/n1c(-c2ccncc2)n[nH]c1=S. The quantitative estimate of drug-likeness (QED) is 0.216. The smallest absolute Gasteiger partial charge is 0.216 e. The molecule has 0 bridgehead atoms. The van der Waals surface area contributed by atoms with Crippen LogP contribution < -0.4 is 0 Å². The highest BCUT2D eigenvalue weighted by Gasteiger charge is 2.11. The number of benzene rings is 1. The van der Waals surface area contributed by atoms with E-state index < -0.39 is 0 Å². The fraction of sp³-hybridized carbons (Fsp3) is 0. The maximum Gasteiger partial charge on any atom is 0.216 e. The van der Waals surface area contributed by atoms with Gasteiger partial charge in [-0.2, -0.15) is 29.8 Å². The van der Waals surface area contributed by atoms with Gasteiger partial charge in [0.05, 0.1) is 12.4 Å². The Balaban J connectivity index is 1.50. The van der Waals surface area contributed by atoms with Gasteiger partial charge in [0.1, 0.15) is 5.75 Å². The summed E-state index contributed by atoms with van der Waals surface area (Å²) in [6.07, 6.45) is 9.43. The predicted molar refractivity (Wildman–Crippen MR) is 140 cm³/mol. The second-order valence-corrected chi connectivity index (χ2v) is 8.43. The molecule has 36 heavy (non-hydrogen) atoms. The molecule has 0 spiro atoms. The molecule has 5 rings (SSSR count). The number of halogens is 1. The molecule has 14 heteroatoms. The van der Waals surface area contributed by atoms with Crippen molar-refractivity contribution in [2.45, 2.75) is 0 Å². The van der Waals surface area contributed by atoms with Gasteiger partial charge in [-0.3, -0.25) is 9.97 Å². The molecule has 1 aromatic carbocycles. The van der Waals surface area contributed by atoms with Crippen LogP contribution >= 0.6 is 36.0 Å². The molecule has 0 unspecified atom stereocenters. The summed E-state index contributed by atoms with van der Waals surface area (Å²) in [4.78, 5) is 8.01. The number of H-pyrrole nitrogens is 2. The molecular formula is C22H15ClN10OS2. The van der Waals surface area contributed by atoms with Crippen LogP contribution in [0.4, 0.5) is 0 Å². The van der Waals surface area contributed by atoms with Crippen molar-refractivity contribution in [2.24, 2.45) is 10.2 Å². The first-order valence-electron chi connectivity index (χ1n) is 10.3. The minimum absolute atomic E-state index is 0.0900. The summed E-state index contributed by atoms with van der Waals surface area (Å²) < 4.78 is 3.42. The van der Waals surface area contributed by atoms with E-state index in [9.17, 15) is 5.11 Å². The lowest BCUT2D eigenvalue weighted by Crippen LogP contribution is -1.98. The highest BCUT2D eigenvalue weighted by molar-refractivity contribution is 7.71. The van der Waals surface area contributed by atoms with Crippen LogP contribution in [0.25, 0.3) is 22.8 Å². The van der Waals surface area contributed by atoms with E-state index in [-0.39, 0.29) is 15.3 Å². The molecule has 4 heterocycles. The van der Waals surface area contributed by atoms with E-state index in [4.69, 9.17) is 36.0 Å². The summed E-state index contributed by atoms with van der Waals surface area (Å²) in [5.41, 5.74) is 2.22. The van der Waals surface area contributed by atoms with Crippen molar-refractivity contribution in [2.75, 3.05) is 0 Å². The molecule has 5 aromatic rings. The van der Waals surface area contributed by atoms with Gasteiger partial charge in [0.15, 0.2) is 11.6 Å². The molecule has 178 valence electrons. The number of rotatable bonds is 6. The second kappa shape index (κ2) is 10.1. The van der Waals surface area contributed by atoms with Gasteiger partial charge in [-0.05, 0) is 60.8 Å². The van der Waals surface area contributed by atoms with Gasteiger partial charge >= 0.3 is 0 Å². The zero-order valence-corrected chi connectivity index (χ0v) is 20.5. The van der Waals surface area contributed by atoms with Crippen LogP contribution in [0, 0.1) is 9.54 Å². The summed E-state index contributed by atoms with van der Waals surface area (Å²) in [7, 11) is 0. The summed E-state index contributed by atoms with van der Waals surface area (Å²) in [6.45, 7) is 0. The summed E-state index contributed by atoms with van der Waals surface area (Å²) in [5, 5.41) is 34.0. The van der Waals surface area contributed by atoms with Gasteiger partial charge in [-0.1, -0.05) is 11.6 Å². The van der Waals surface area contributed by atoms with Gasteiger partial charge in [0.25, 0.3) is 0 Å². The average Bonchev–Trinajstić information content (AvgIpc) is 3.46. The van der Waals surface area contributed by atoms with Crippen LogP contribution in [-0.4, -0.2) is 57.3 Å². The number of aromatic hydroxyl groups is 1. The maximum absolute atomic E-state index is 10.9. The number of aromatic nitrogens is 8. The van der Waals surface area contributed by atoms with E-state index in [0.29, 0.717) is 27.8 Å². The van der Waals surface area contributed by atoms with Gasteiger partial charge in [-0.25, -0.2) is 10.2 Å². The highest BCUT2D eigenvalue weighted by Crippen LogP contribution is 2.26. The van der Waals surface area contributed by atoms with Gasteiger partial charge in [-0.15, -0.1) is 0 Å². The molecule has 11 nitrogen and oxygen atoms in total. The lowest BCUT2D eigenvalue weighted by molar-refractivity contribution is 0.473. The monoisotopic (exact) mass is 534 g/mol. The molecule has 0 aliphatic heterocycles. The highest BCUT2D eigenvalue weighted by atomic mass is 35.5. The maximum atomic E-state index is 10.9. The molecule has 4 aromatic heterocycles. The average molecular weight is 535 g/mol. The van der Waals surface area contributed by atoms with Crippen molar-refractivity contribution in [3.63, 3.8) is 0 Å². The number of phenolic OH excluding ortho intramolecular Hbond substituents is 1. The minimum Gasteiger partial charge on any atom is -0.507 e. The first-order chi connectivity index (χ1) is 17.5. The second-order valence-electron chi connectivity index (χ2n) is 7.22. The van der Waals surface area contributed by atoms with Gasteiger partial charge in [0, 0.05) is 52.1 Å². The normalized spacial score (nSPS) is 11.6. The van der Waals surface area contributed by atoms with E-state index in [1.54, 1.807) is 61.2 Å². The Bertz CT molecular complexity index is 1580. The fourth-order valence-electron chi connectivity index (χ4n) is 3.25. The van der Waals surface area contributed by atoms with Crippen LogP contribution in [0.15, 0.2) is 71.4 Å². The molecular weight excluding hydrogens is 520 g/mol. The van der Waals surface area contributed by atoms with Crippen LogP contribution in [0.3, 0.4) is 0 Å². The molecule has 0 amide bonds. The topological polar surface area (TPSA) is 138 Å². The Kier molecular flexibility index (Phi) is 6.58. The molecule has 0 aliphatic rings. The fourth-order valence-corrected chi connectivity index (χ4v) is 3.85. The number of aromatic amines is 2. The summed E-state index contributed by atoms with van der Waals surface area (Å²) >= 11 is 16.9. The first-order valence-corrected chi connectivity index (χ1v) is 11.5. The number of nitrogens with one attached hydrogen (secondary N) is 2. The third kappa shape index (κ3) is 4.75. The van der Waals surface area contributed by atoms with Gasteiger partial charge < -0.3 is 5.11 Å². The Morgan fingerprint density at radius 2 is 1.19 bits per heavy atom. The van der Waals surface area contributed by atoms with Crippen LogP contribution in [0.2, 0.25) is 5.02 Å². The van der Waals surface area contributed by atoms with Crippen molar-refractivity contribution in [3.05, 3.63) is 86.9 Å². The van der Waals surface area contributed by atoms with E-state index in [1.807, 2.05) is 0 Å². The Hall–Kier alpha value is -4.33. The first kappa shape index (κ1) is 23.4. The van der Waals surface area contributed by atoms with Crippen LogP contribution in [-0.2, 0) is 0 Å². The predicted octanol–water partition coefficient (Wildman–Crippen LogP) is 4.44. The molecule has 0 saturated carbocycles. The molecule has 0 radical (unpaired) electrons. The number of pyridine rings is 2. The van der Waals surface area contributed by atoms with E-state index in [1.165, 1.54) is 21.8 Å². The zero-order chi connectivity index (χ0) is 25.1. The third-order valence-electron chi connectivity index (χ3n) is 4.94. The van der Waals surface area contributed by atoms with E-state index in [2.05, 4.69) is 40.6 Å². The van der Waals surface area contributed by atoms with E-state index in [0.717, 1.165) is 11.1 Å². The van der Waals surface area contributed by atoms with Crippen molar-refractivity contribution >= 4 is 48.5 Å². The van der Waals surface area contributed by atoms with E-state index >= 15 is 0 Å². The number of hydrogen-bond donors (Lipinski definition) is 3. The molecule has 3 N–H and O–H groups in total. The summed E-state index contributed by atoms with van der Waals surface area (Å²) in [6, 6.07) is 10.3. The molecule has 0 saturated heterocycles. The van der Waals surface area contributed by atoms with Crippen molar-refractivity contribution in [3.8, 4) is 28.5 Å². The number of phenols is 1. The lowest BCUT2D eigenvalue weighted by atomic mass is 10.1. The zero-order valence-electron chi connectivity index (χ0n) is 18.1.